The lowest BCUT2D eigenvalue weighted by Crippen LogP contribution is -2.49. The summed E-state index contributed by atoms with van der Waals surface area (Å²) in [4.78, 5) is 28.3. The number of benzene rings is 2. The Morgan fingerprint density at radius 1 is 1.00 bits per heavy atom. The van der Waals surface area contributed by atoms with Crippen molar-refractivity contribution in [2.75, 3.05) is 39.6 Å². The van der Waals surface area contributed by atoms with Gasteiger partial charge in [0.15, 0.2) is 18.1 Å². The van der Waals surface area contributed by atoms with Gasteiger partial charge in [-0.1, -0.05) is 18.2 Å². The van der Waals surface area contributed by atoms with Gasteiger partial charge in [-0.05, 0) is 29.8 Å². The number of fused-ring (bicyclic) bond motifs is 1. The molecule has 0 saturated carbocycles. The van der Waals surface area contributed by atoms with Crippen LogP contribution in [0, 0.1) is 0 Å². The number of para-hydroxylation sites is 1. The first kappa shape index (κ1) is 19.1. The number of amides is 1. The summed E-state index contributed by atoms with van der Waals surface area (Å²) in [6.07, 6.45) is 0. The SMILES string of the molecule is O=C(OCC(=O)N1CCN(Cc2ccc3c(c2)OCO3)CC1)c1ccccc1O. The minimum atomic E-state index is -0.710. The number of hydrogen-bond acceptors (Lipinski definition) is 7. The van der Waals surface area contributed by atoms with Crippen LogP contribution in [0.3, 0.4) is 0 Å². The highest BCUT2D eigenvalue weighted by atomic mass is 16.7. The number of aromatic hydroxyl groups is 1. The lowest BCUT2D eigenvalue weighted by atomic mass is 10.1. The topological polar surface area (TPSA) is 88.5 Å². The third-order valence-electron chi connectivity index (χ3n) is 5.02. The van der Waals surface area contributed by atoms with Gasteiger partial charge in [0, 0.05) is 32.7 Å². The van der Waals surface area contributed by atoms with E-state index in [4.69, 9.17) is 14.2 Å². The maximum Gasteiger partial charge on any atom is 0.342 e. The van der Waals surface area contributed by atoms with E-state index in [0.29, 0.717) is 13.1 Å². The number of esters is 1. The quantitative estimate of drug-likeness (QED) is 0.766. The highest BCUT2D eigenvalue weighted by molar-refractivity contribution is 5.93. The van der Waals surface area contributed by atoms with Crippen LogP contribution in [0.4, 0.5) is 0 Å². The van der Waals surface area contributed by atoms with Crippen molar-refractivity contribution in [1.82, 2.24) is 9.80 Å². The molecule has 2 heterocycles. The minimum absolute atomic E-state index is 0.0499. The van der Waals surface area contributed by atoms with Crippen molar-refractivity contribution in [2.24, 2.45) is 0 Å². The molecule has 0 bridgehead atoms. The van der Waals surface area contributed by atoms with Gasteiger partial charge in [0.2, 0.25) is 6.79 Å². The number of nitrogens with zero attached hydrogens (tertiary/aromatic N) is 2. The number of carbonyl (C=O) groups excluding carboxylic acids is 2. The molecule has 8 heteroatoms. The van der Waals surface area contributed by atoms with Crippen molar-refractivity contribution < 1.29 is 28.9 Å². The Morgan fingerprint density at radius 3 is 2.55 bits per heavy atom. The van der Waals surface area contributed by atoms with Crippen LogP contribution in [0.15, 0.2) is 42.5 Å². The second-order valence-corrected chi connectivity index (χ2v) is 6.94. The van der Waals surface area contributed by atoms with Gasteiger partial charge in [-0.15, -0.1) is 0 Å². The summed E-state index contributed by atoms with van der Waals surface area (Å²) in [7, 11) is 0. The highest BCUT2D eigenvalue weighted by Crippen LogP contribution is 2.32. The van der Waals surface area contributed by atoms with Crippen LogP contribution in [-0.4, -0.2) is 66.4 Å². The molecule has 2 aromatic carbocycles. The Balaban J connectivity index is 1.23. The number of hydrogen-bond donors (Lipinski definition) is 1. The number of phenols is 1. The molecule has 0 atom stereocenters. The van der Waals surface area contributed by atoms with Crippen LogP contribution >= 0.6 is 0 Å². The van der Waals surface area contributed by atoms with Gasteiger partial charge in [-0.3, -0.25) is 9.69 Å². The molecule has 1 saturated heterocycles. The molecule has 0 aromatic heterocycles. The van der Waals surface area contributed by atoms with Gasteiger partial charge in [0.25, 0.3) is 5.91 Å². The zero-order valence-electron chi connectivity index (χ0n) is 15.9. The van der Waals surface area contributed by atoms with Gasteiger partial charge in [0.1, 0.15) is 11.3 Å². The summed E-state index contributed by atoms with van der Waals surface area (Å²) in [5, 5.41) is 9.68. The lowest BCUT2D eigenvalue weighted by Gasteiger charge is -2.34. The largest absolute Gasteiger partial charge is 0.507 e. The first-order valence-corrected chi connectivity index (χ1v) is 9.44. The normalized spacial score (nSPS) is 15.9. The summed E-state index contributed by atoms with van der Waals surface area (Å²) >= 11 is 0. The number of piperazine rings is 1. The Morgan fingerprint density at radius 2 is 1.76 bits per heavy atom. The second kappa shape index (κ2) is 8.40. The number of rotatable bonds is 5. The van der Waals surface area contributed by atoms with E-state index in [1.165, 1.54) is 12.1 Å². The van der Waals surface area contributed by atoms with E-state index >= 15 is 0 Å². The molecule has 2 aliphatic rings. The van der Waals surface area contributed by atoms with Crippen LogP contribution in [0.25, 0.3) is 0 Å². The van der Waals surface area contributed by atoms with E-state index in [-0.39, 0.29) is 30.6 Å². The van der Waals surface area contributed by atoms with Gasteiger partial charge in [-0.2, -0.15) is 0 Å². The molecule has 1 N–H and O–H groups in total. The molecule has 2 aromatic rings. The Kier molecular flexibility index (Phi) is 5.53. The minimum Gasteiger partial charge on any atom is -0.507 e. The van der Waals surface area contributed by atoms with Gasteiger partial charge in [0.05, 0.1) is 0 Å². The van der Waals surface area contributed by atoms with E-state index in [2.05, 4.69) is 4.90 Å². The Labute approximate surface area is 168 Å². The van der Waals surface area contributed by atoms with Crippen molar-refractivity contribution in [2.45, 2.75) is 6.54 Å². The average Bonchev–Trinajstić information content (AvgIpc) is 3.20. The van der Waals surface area contributed by atoms with E-state index in [9.17, 15) is 14.7 Å². The fraction of sp³-hybridized carbons (Fsp3) is 0.333. The third kappa shape index (κ3) is 4.43. The monoisotopic (exact) mass is 398 g/mol. The van der Waals surface area contributed by atoms with Gasteiger partial charge < -0.3 is 24.2 Å². The third-order valence-corrected chi connectivity index (χ3v) is 5.02. The van der Waals surface area contributed by atoms with Crippen molar-refractivity contribution in [1.29, 1.82) is 0 Å². The van der Waals surface area contributed by atoms with Crippen molar-refractivity contribution >= 4 is 11.9 Å². The Hall–Kier alpha value is -3.26. The maximum absolute atomic E-state index is 12.3. The molecule has 0 spiro atoms. The first-order chi connectivity index (χ1) is 14.1. The molecule has 1 amide bonds. The predicted molar refractivity (Wildman–Crippen MR) is 103 cm³/mol. The number of phenolic OH excluding ortho intramolecular Hbond substituents is 1. The number of carbonyl (C=O) groups is 2. The summed E-state index contributed by atoms with van der Waals surface area (Å²) in [5.41, 5.74) is 1.18. The summed E-state index contributed by atoms with van der Waals surface area (Å²) in [6, 6.07) is 12.0. The predicted octanol–water partition coefficient (Wildman–Crippen LogP) is 1.62. The van der Waals surface area contributed by atoms with Gasteiger partial charge >= 0.3 is 5.97 Å². The van der Waals surface area contributed by atoms with Gasteiger partial charge in [-0.25, -0.2) is 4.79 Å². The second-order valence-electron chi connectivity index (χ2n) is 6.94. The summed E-state index contributed by atoms with van der Waals surface area (Å²) < 4.78 is 15.8. The van der Waals surface area contributed by atoms with Crippen LogP contribution in [-0.2, 0) is 16.1 Å². The molecule has 2 aliphatic heterocycles. The van der Waals surface area contributed by atoms with Crippen LogP contribution in [0.5, 0.6) is 17.2 Å². The van der Waals surface area contributed by atoms with Crippen LogP contribution in [0.2, 0.25) is 0 Å². The van der Waals surface area contributed by atoms with Crippen LogP contribution in [0.1, 0.15) is 15.9 Å². The van der Waals surface area contributed by atoms with E-state index < -0.39 is 5.97 Å². The van der Waals surface area contributed by atoms with Crippen molar-refractivity contribution in [3.05, 3.63) is 53.6 Å². The zero-order valence-corrected chi connectivity index (χ0v) is 15.9. The number of ether oxygens (including phenoxy) is 3. The molecule has 0 aliphatic carbocycles. The maximum atomic E-state index is 12.3. The summed E-state index contributed by atoms with van der Waals surface area (Å²) in [6.45, 7) is 3.28. The average molecular weight is 398 g/mol. The molecule has 0 unspecified atom stereocenters. The molecule has 152 valence electrons. The van der Waals surface area contributed by atoms with E-state index in [1.54, 1.807) is 17.0 Å². The Bertz CT molecular complexity index is 908. The first-order valence-electron chi connectivity index (χ1n) is 9.44. The summed E-state index contributed by atoms with van der Waals surface area (Å²) in [5.74, 6) is 0.418. The zero-order chi connectivity index (χ0) is 20.2. The highest BCUT2D eigenvalue weighted by Gasteiger charge is 2.23. The fourth-order valence-corrected chi connectivity index (χ4v) is 3.40. The smallest absolute Gasteiger partial charge is 0.342 e. The van der Waals surface area contributed by atoms with E-state index in [1.807, 2.05) is 18.2 Å². The molecule has 4 rings (SSSR count). The van der Waals surface area contributed by atoms with Crippen molar-refractivity contribution in [3.8, 4) is 17.2 Å². The lowest BCUT2D eigenvalue weighted by molar-refractivity contribution is -0.136. The molecular weight excluding hydrogens is 376 g/mol. The van der Waals surface area contributed by atoms with E-state index in [0.717, 1.165) is 36.7 Å². The van der Waals surface area contributed by atoms with Crippen LogP contribution < -0.4 is 9.47 Å². The molecule has 8 nitrogen and oxygen atoms in total. The fourth-order valence-electron chi connectivity index (χ4n) is 3.40. The standard InChI is InChI=1S/C21H22N2O6/c24-17-4-2-1-3-16(17)21(26)27-13-20(25)23-9-7-22(8-10-23)12-15-5-6-18-19(11-15)29-14-28-18/h1-6,11,24H,7-10,12-14H2. The molecule has 1 fully saturated rings. The molecule has 0 radical (unpaired) electrons. The molecule has 29 heavy (non-hydrogen) atoms. The molecular formula is C21H22N2O6. The van der Waals surface area contributed by atoms with Crippen molar-refractivity contribution in [3.63, 3.8) is 0 Å².